The summed E-state index contributed by atoms with van der Waals surface area (Å²) in [5.74, 6) is 1.50. The Morgan fingerprint density at radius 2 is 1.80 bits per heavy atom. The zero-order chi connectivity index (χ0) is 18.4. The van der Waals surface area contributed by atoms with Gasteiger partial charge in [-0.25, -0.2) is 0 Å². The van der Waals surface area contributed by atoms with E-state index in [1.54, 1.807) is 20.1 Å². The number of piperidine rings is 1. The first kappa shape index (κ1) is 19.0. The van der Waals surface area contributed by atoms with Crippen molar-refractivity contribution in [1.29, 1.82) is 0 Å². The van der Waals surface area contributed by atoms with Crippen LogP contribution in [-0.2, 0) is 9.59 Å². The number of hydrogen-bond donors (Lipinski definition) is 1. The molecule has 1 fully saturated rings. The highest BCUT2D eigenvalue weighted by molar-refractivity contribution is 5.95. The van der Waals surface area contributed by atoms with E-state index in [4.69, 9.17) is 4.74 Å². The van der Waals surface area contributed by atoms with Gasteiger partial charge in [0.15, 0.2) is 0 Å². The van der Waals surface area contributed by atoms with Crippen LogP contribution in [0.5, 0.6) is 5.75 Å². The molecule has 0 aliphatic carbocycles. The van der Waals surface area contributed by atoms with Gasteiger partial charge in [0, 0.05) is 19.2 Å². The van der Waals surface area contributed by atoms with Gasteiger partial charge in [-0.15, -0.1) is 0 Å². The van der Waals surface area contributed by atoms with Crippen molar-refractivity contribution in [2.24, 2.45) is 11.8 Å². The lowest BCUT2D eigenvalue weighted by atomic mass is 9.91. The highest BCUT2D eigenvalue weighted by atomic mass is 16.5. The second-order valence-electron chi connectivity index (χ2n) is 7.03. The van der Waals surface area contributed by atoms with Crippen LogP contribution in [0.25, 0.3) is 6.08 Å². The lowest BCUT2D eigenvalue weighted by Gasteiger charge is -2.36. The number of ether oxygens (including phenoxy) is 1. The van der Waals surface area contributed by atoms with Crippen LogP contribution in [0.1, 0.15) is 32.8 Å². The molecular formula is C20H28N2O3. The van der Waals surface area contributed by atoms with E-state index in [1.807, 2.05) is 29.2 Å². The van der Waals surface area contributed by atoms with Crippen molar-refractivity contribution in [2.45, 2.75) is 33.2 Å². The third-order valence-electron chi connectivity index (χ3n) is 4.45. The summed E-state index contributed by atoms with van der Waals surface area (Å²) in [4.78, 5) is 26.5. The first-order chi connectivity index (χ1) is 11.9. The fraction of sp³-hybridized carbons (Fsp3) is 0.500. The zero-order valence-corrected chi connectivity index (χ0v) is 15.5. The van der Waals surface area contributed by atoms with Crippen molar-refractivity contribution in [1.82, 2.24) is 10.2 Å². The van der Waals surface area contributed by atoms with E-state index < -0.39 is 6.04 Å². The van der Waals surface area contributed by atoms with Crippen LogP contribution in [0, 0.1) is 11.8 Å². The van der Waals surface area contributed by atoms with Crippen LogP contribution in [0.4, 0.5) is 0 Å². The number of rotatable bonds is 5. The topological polar surface area (TPSA) is 58.6 Å². The second-order valence-corrected chi connectivity index (χ2v) is 7.03. The minimum absolute atomic E-state index is 0.00963. The summed E-state index contributed by atoms with van der Waals surface area (Å²) in [6, 6.07) is 6.89. The Balaban J connectivity index is 1.88. The molecule has 5 nitrogen and oxygen atoms in total. The van der Waals surface area contributed by atoms with Gasteiger partial charge in [0.2, 0.25) is 11.8 Å². The van der Waals surface area contributed by atoms with Gasteiger partial charge >= 0.3 is 0 Å². The monoisotopic (exact) mass is 344 g/mol. The van der Waals surface area contributed by atoms with Gasteiger partial charge in [0.25, 0.3) is 0 Å². The lowest BCUT2D eigenvalue weighted by Crippen LogP contribution is -2.51. The Kier molecular flexibility index (Phi) is 6.62. The zero-order valence-electron chi connectivity index (χ0n) is 15.5. The number of nitrogens with zero attached hydrogens (tertiary/aromatic N) is 1. The van der Waals surface area contributed by atoms with E-state index in [-0.39, 0.29) is 11.8 Å². The summed E-state index contributed by atoms with van der Waals surface area (Å²) < 4.78 is 5.10. The van der Waals surface area contributed by atoms with Crippen LogP contribution in [0.3, 0.4) is 0 Å². The highest BCUT2D eigenvalue weighted by Crippen LogP contribution is 2.21. The standard InChI is InChI=1S/C20H28N2O3/c1-14-11-15(2)13-22(12-14)20(24)16(3)21-19(23)10-7-17-5-8-18(25-4)9-6-17/h5-10,14-16H,11-13H2,1-4H3,(H,21,23)/b10-7+. The third kappa shape index (κ3) is 5.62. The summed E-state index contributed by atoms with van der Waals surface area (Å²) in [7, 11) is 1.61. The Labute approximate surface area is 150 Å². The molecule has 0 spiro atoms. The SMILES string of the molecule is COc1ccc(/C=C/C(=O)NC(C)C(=O)N2CC(C)CC(C)C2)cc1. The van der Waals surface area contributed by atoms with Crippen molar-refractivity contribution in [2.75, 3.05) is 20.2 Å². The van der Waals surface area contributed by atoms with Gasteiger partial charge in [-0.3, -0.25) is 9.59 Å². The van der Waals surface area contributed by atoms with Crippen LogP contribution < -0.4 is 10.1 Å². The molecule has 0 aromatic heterocycles. The molecule has 0 saturated carbocycles. The Morgan fingerprint density at radius 1 is 1.20 bits per heavy atom. The number of likely N-dealkylation sites (tertiary alicyclic amines) is 1. The molecule has 1 N–H and O–H groups in total. The van der Waals surface area contributed by atoms with Gasteiger partial charge < -0.3 is 15.0 Å². The minimum Gasteiger partial charge on any atom is -0.497 e. The van der Waals surface area contributed by atoms with Crippen molar-refractivity contribution >= 4 is 17.9 Å². The Morgan fingerprint density at radius 3 is 2.36 bits per heavy atom. The Bertz CT molecular complexity index is 614. The number of amides is 2. The molecule has 1 aromatic rings. The highest BCUT2D eigenvalue weighted by Gasteiger charge is 2.28. The molecule has 2 amide bonds. The number of benzene rings is 1. The smallest absolute Gasteiger partial charge is 0.244 e. The first-order valence-electron chi connectivity index (χ1n) is 8.80. The van der Waals surface area contributed by atoms with E-state index in [9.17, 15) is 9.59 Å². The molecule has 5 heteroatoms. The maximum atomic E-state index is 12.5. The molecule has 3 unspecified atom stereocenters. The number of methoxy groups -OCH3 is 1. The fourth-order valence-corrected chi connectivity index (χ4v) is 3.33. The normalized spacial score (nSPS) is 21.8. The predicted molar refractivity (Wildman–Crippen MR) is 99.2 cm³/mol. The third-order valence-corrected chi connectivity index (χ3v) is 4.45. The van der Waals surface area contributed by atoms with E-state index in [0.717, 1.165) is 30.8 Å². The molecular weight excluding hydrogens is 316 g/mol. The average molecular weight is 344 g/mol. The molecule has 1 saturated heterocycles. The molecule has 1 heterocycles. The summed E-state index contributed by atoms with van der Waals surface area (Å²) in [5.41, 5.74) is 0.897. The van der Waals surface area contributed by atoms with Gasteiger partial charge in [-0.2, -0.15) is 0 Å². The maximum Gasteiger partial charge on any atom is 0.244 e. The van der Waals surface area contributed by atoms with Crippen LogP contribution in [0.2, 0.25) is 0 Å². The van der Waals surface area contributed by atoms with Crippen molar-refractivity contribution in [3.8, 4) is 5.75 Å². The number of carbonyl (C=O) groups is 2. The average Bonchev–Trinajstić information content (AvgIpc) is 2.58. The number of carbonyl (C=O) groups excluding carboxylic acids is 2. The molecule has 1 aliphatic rings. The number of hydrogen-bond acceptors (Lipinski definition) is 3. The summed E-state index contributed by atoms with van der Waals surface area (Å²) in [6.07, 6.45) is 4.32. The second kappa shape index (κ2) is 8.70. The van der Waals surface area contributed by atoms with E-state index in [0.29, 0.717) is 11.8 Å². The van der Waals surface area contributed by atoms with Crippen LogP contribution >= 0.6 is 0 Å². The van der Waals surface area contributed by atoms with Gasteiger partial charge in [0.1, 0.15) is 11.8 Å². The van der Waals surface area contributed by atoms with E-state index in [2.05, 4.69) is 19.2 Å². The molecule has 0 bridgehead atoms. The van der Waals surface area contributed by atoms with Gasteiger partial charge in [-0.1, -0.05) is 26.0 Å². The first-order valence-corrected chi connectivity index (χ1v) is 8.80. The molecule has 2 rings (SSSR count). The van der Waals surface area contributed by atoms with Gasteiger partial charge in [0.05, 0.1) is 7.11 Å². The van der Waals surface area contributed by atoms with Crippen LogP contribution in [-0.4, -0.2) is 43.0 Å². The van der Waals surface area contributed by atoms with Crippen molar-refractivity contribution in [3.05, 3.63) is 35.9 Å². The van der Waals surface area contributed by atoms with Gasteiger partial charge in [-0.05, 0) is 49.0 Å². The molecule has 1 aliphatic heterocycles. The molecule has 0 radical (unpaired) electrons. The predicted octanol–water partition coefficient (Wildman–Crippen LogP) is 2.72. The fourth-order valence-electron chi connectivity index (χ4n) is 3.33. The quantitative estimate of drug-likeness (QED) is 0.836. The van der Waals surface area contributed by atoms with E-state index in [1.165, 1.54) is 6.08 Å². The Hall–Kier alpha value is -2.30. The number of nitrogens with one attached hydrogen (secondary N) is 1. The molecule has 1 aromatic carbocycles. The molecule has 25 heavy (non-hydrogen) atoms. The molecule has 3 atom stereocenters. The van der Waals surface area contributed by atoms with E-state index >= 15 is 0 Å². The van der Waals surface area contributed by atoms with Crippen LogP contribution in [0.15, 0.2) is 30.3 Å². The van der Waals surface area contributed by atoms with Crippen molar-refractivity contribution in [3.63, 3.8) is 0 Å². The minimum atomic E-state index is -0.523. The molecule has 136 valence electrons. The largest absolute Gasteiger partial charge is 0.497 e. The summed E-state index contributed by atoms with van der Waals surface area (Å²) in [5, 5.41) is 2.76. The lowest BCUT2D eigenvalue weighted by molar-refractivity contribution is -0.137. The summed E-state index contributed by atoms with van der Waals surface area (Å²) >= 11 is 0. The van der Waals surface area contributed by atoms with Crippen molar-refractivity contribution < 1.29 is 14.3 Å². The maximum absolute atomic E-state index is 12.5. The summed E-state index contributed by atoms with van der Waals surface area (Å²) in [6.45, 7) is 7.61.